The number of carbonyl (C=O) groups is 1. The molecule has 0 radical (unpaired) electrons. The third-order valence-corrected chi connectivity index (χ3v) is 4.99. The molecule has 36 heavy (non-hydrogen) atoms. The summed E-state index contributed by atoms with van der Waals surface area (Å²) in [6.07, 6.45) is 2.31. The smallest absolute Gasteiger partial charge is 0.294 e. The average molecular weight is 492 g/mol. The topological polar surface area (TPSA) is 165 Å². The predicted octanol–water partition coefficient (Wildman–Crippen LogP) is 2.47. The number of ether oxygens (including phenoxy) is 3. The largest absolute Gasteiger partial charge is 0.494 e. The van der Waals surface area contributed by atoms with E-state index in [0.717, 1.165) is 6.42 Å². The minimum Gasteiger partial charge on any atom is -0.494 e. The van der Waals surface area contributed by atoms with Gasteiger partial charge in [0.1, 0.15) is 11.4 Å². The van der Waals surface area contributed by atoms with Crippen molar-refractivity contribution >= 4 is 17.9 Å². The van der Waals surface area contributed by atoms with Gasteiger partial charge in [-0.15, -0.1) is 5.10 Å². The highest BCUT2D eigenvalue weighted by Crippen LogP contribution is 2.30. The van der Waals surface area contributed by atoms with Crippen LogP contribution in [0.1, 0.15) is 29.4 Å². The number of hydrazone groups is 1. The molecule has 0 aliphatic rings. The highest BCUT2D eigenvalue weighted by Gasteiger charge is 2.25. The van der Waals surface area contributed by atoms with E-state index in [1.165, 1.54) is 25.1 Å². The van der Waals surface area contributed by atoms with E-state index in [9.17, 15) is 4.79 Å². The number of nitrogen functional groups attached to an aromatic ring is 1. The van der Waals surface area contributed by atoms with Crippen molar-refractivity contribution in [1.82, 2.24) is 30.7 Å². The van der Waals surface area contributed by atoms with Crippen LogP contribution in [-0.2, 0) is 0 Å². The fourth-order valence-electron chi connectivity index (χ4n) is 3.34. The molecule has 0 saturated heterocycles. The third kappa shape index (κ3) is 4.94. The molecule has 2 heterocycles. The third-order valence-electron chi connectivity index (χ3n) is 4.99. The average Bonchev–Trinajstić information content (AvgIpc) is 3.53. The number of nitrogens with one attached hydrogen (secondary N) is 1. The van der Waals surface area contributed by atoms with E-state index in [1.807, 2.05) is 6.92 Å². The Balaban J connectivity index is 1.65. The molecule has 0 atom stereocenters. The Morgan fingerprint density at radius 2 is 1.97 bits per heavy atom. The van der Waals surface area contributed by atoms with Crippen molar-refractivity contribution in [2.24, 2.45) is 5.10 Å². The molecule has 0 aliphatic carbocycles. The second-order valence-corrected chi connectivity index (χ2v) is 7.33. The van der Waals surface area contributed by atoms with E-state index in [0.29, 0.717) is 40.7 Å². The summed E-state index contributed by atoms with van der Waals surface area (Å²) in [4.78, 5) is 13.1. The maximum absolute atomic E-state index is 13.1. The minimum absolute atomic E-state index is 0.0147. The quantitative estimate of drug-likeness (QED) is 0.248. The van der Waals surface area contributed by atoms with Crippen molar-refractivity contribution in [2.75, 3.05) is 26.6 Å². The Morgan fingerprint density at radius 3 is 2.64 bits per heavy atom. The molecule has 0 unspecified atom stereocenters. The van der Waals surface area contributed by atoms with Gasteiger partial charge in [-0.3, -0.25) is 4.79 Å². The molecular weight excluding hydrogens is 468 g/mol. The molecule has 13 heteroatoms. The van der Waals surface area contributed by atoms with Gasteiger partial charge in [0.2, 0.25) is 11.6 Å². The molecule has 2 aromatic heterocycles. The minimum atomic E-state index is -0.615. The van der Waals surface area contributed by atoms with Gasteiger partial charge in [0.25, 0.3) is 5.91 Å². The zero-order chi connectivity index (χ0) is 25.5. The van der Waals surface area contributed by atoms with Crippen LogP contribution in [0.25, 0.3) is 17.1 Å². The number of rotatable bonds is 10. The van der Waals surface area contributed by atoms with Crippen molar-refractivity contribution in [3.05, 3.63) is 53.7 Å². The number of para-hydroxylation sites is 1. The van der Waals surface area contributed by atoms with Crippen LogP contribution in [0.2, 0.25) is 0 Å². The number of benzene rings is 2. The second kappa shape index (κ2) is 11.0. The molecule has 0 fully saturated rings. The summed E-state index contributed by atoms with van der Waals surface area (Å²) in [6, 6.07) is 12.4. The lowest BCUT2D eigenvalue weighted by Crippen LogP contribution is -2.19. The Morgan fingerprint density at radius 1 is 1.17 bits per heavy atom. The molecule has 0 spiro atoms. The normalized spacial score (nSPS) is 11.0. The molecular formula is C23H24N8O5. The number of nitrogens with two attached hydrogens (primary N) is 1. The van der Waals surface area contributed by atoms with Crippen molar-refractivity contribution in [1.29, 1.82) is 0 Å². The van der Waals surface area contributed by atoms with Crippen LogP contribution in [0, 0.1) is 0 Å². The maximum atomic E-state index is 13.1. The van der Waals surface area contributed by atoms with Gasteiger partial charge < -0.3 is 19.9 Å². The van der Waals surface area contributed by atoms with E-state index in [-0.39, 0.29) is 17.3 Å². The zero-order valence-electron chi connectivity index (χ0n) is 19.8. The molecule has 4 rings (SSSR count). The number of nitrogens with zero attached hydrogens (tertiary/aromatic N) is 6. The van der Waals surface area contributed by atoms with Gasteiger partial charge in [-0.25, -0.2) is 10.1 Å². The number of methoxy groups -OCH3 is 2. The summed E-state index contributed by atoms with van der Waals surface area (Å²) in [6.45, 7) is 2.61. The molecule has 3 N–H and O–H groups in total. The molecule has 0 saturated carbocycles. The first-order valence-electron chi connectivity index (χ1n) is 10.9. The summed E-state index contributed by atoms with van der Waals surface area (Å²) < 4.78 is 22.3. The molecule has 186 valence electrons. The second-order valence-electron chi connectivity index (χ2n) is 7.33. The fourth-order valence-corrected chi connectivity index (χ4v) is 3.34. The molecule has 0 bridgehead atoms. The first kappa shape index (κ1) is 24.2. The number of hydrogen-bond acceptors (Lipinski definition) is 11. The van der Waals surface area contributed by atoms with E-state index in [1.54, 1.807) is 42.5 Å². The van der Waals surface area contributed by atoms with Crippen LogP contribution in [-0.4, -0.2) is 58.3 Å². The van der Waals surface area contributed by atoms with Crippen LogP contribution >= 0.6 is 0 Å². The highest BCUT2D eigenvalue weighted by atomic mass is 16.6. The van der Waals surface area contributed by atoms with Crippen molar-refractivity contribution in [3.63, 3.8) is 0 Å². The molecule has 1 amide bonds. The van der Waals surface area contributed by atoms with Gasteiger partial charge in [0, 0.05) is 11.1 Å². The summed E-state index contributed by atoms with van der Waals surface area (Å²) in [5, 5.41) is 19.5. The lowest BCUT2D eigenvalue weighted by Gasteiger charge is -2.09. The van der Waals surface area contributed by atoms with Crippen LogP contribution in [0.3, 0.4) is 0 Å². The number of hydrogen-bond donors (Lipinski definition) is 2. The summed E-state index contributed by atoms with van der Waals surface area (Å²) in [5.74, 6) is 1.15. The highest BCUT2D eigenvalue weighted by molar-refractivity contribution is 5.99. The number of amides is 1. The Bertz CT molecular complexity index is 1360. The monoisotopic (exact) mass is 492 g/mol. The molecule has 13 nitrogen and oxygen atoms in total. The fraction of sp³-hybridized carbons (Fsp3) is 0.217. The standard InChI is InChI=1S/C23H24N8O5/c1-4-12-35-16-10-8-14(9-11-16)19-18(26-30-31(19)22-21(24)28-36-29-22)23(32)27-25-13-15-6-5-7-17(33-2)20(15)34-3/h5-11,13H,4,12H2,1-3H3,(H2,24,28)(H,27,32). The lowest BCUT2D eigenvalue weighted by molar-refractivity contribution is 0.0950. The maximum Gasteiger partial charge on any atom is 0.294 e. The van der Waals surface area contributed by atoms with Gasteiger partial charge in [-0.2, -0.15) is 9.78 Å². The van der Waals surface area contributed by atoms with Crippen molar-refractivity contribution in [2.45, 2.75) is 13.3 Å². The number of carbonyl (C=O) groups excluding carboxylic acids is 1. The Hall–Kier alpha value is -4.94. The van der Waals surface area contributed by atoms with Crippen LogP contribution in [0.15, 0.2) is 52.2 Å². The first-order valence-corrected chi connectivity index (χ1v) is 10.9. The predicted molar refractivity (Wildman–Crippen MR) is 129 cm³/mol. The van der Waals surface area contributed by atoms with Crippen molar-refractivity contribution < 1.29 is 23.6 Å². The first-order chi connectivity index (χ1) is 17.6. The van der Waals surface area contributed by atoms with Gasteiger partial charge >= 0.3 is 0 Å². The summed E-state index contributed by atoms with van der Waals surface area (Å²) in [5.41, 5.74) is 9.82. The van der Waals surface area contributed by atoms with Gasteiger partial charge in [-0.1, -0.05) is 18.2 Å². The van der Waals surface area contributed by atoms with Crippen molar-refractivity contribution in [3.8, 4) is 34.3 Å². The van der Waals surface area contributed by atoms with Gasteiger partial charge in [0.15, 0.2) is 17.2 Å². The van der Waals surface area contributed by atoms with E-state index >= 15 is 0 Å². The number of aromatic nitrogens is 5. The van der Waals surface area contributed by atoms with E-state index < -0.39 is 5.91 Å². The van der Waals surface area contributed by atoms with Crippen LogP contribution in [0.4, 0.5) is 5.82 Å². The molecule has 0 aliphatic heterocycles. The van der Waals surface area contributed by atoms with Gasteiger partial charge in [0.05, 0.1) is 27.0 Å². The summed E-state index contributed by atoms with van der Waals surface area (Å²) >= 11 is 0. The van der Waals surface area contributed by atoms with E-state index in [2.05, 4.69) is 31.2 Å². The number of anilines is 1. The van der Waals surface area contributed by atoms with Crippen LogP contribution in [0.5, 0.6) is 17.2 Å². The molecule has 4 aromatic rings. The Kier molecular flexibility index (Phi) is 7.39. The van der Waals surface area contributed by atoms with Gasteiger partial charge in [-0.05, 0) is 53.1 Å². The molecule has 2 aromatic carbocycles. The zero-order valence-corrected chi connectivity index (χ0v) is 19.8. The lowest BCUT2D eigenvalue weighted by atomic mass is 10.1. The SMILES string of the molecule is CCCOc1ccc(-c2c(C(=O)NN=Cc3cccc(OC)c3OC)nnn2-c2nonc2N)cc1. The Labute approximate surface area is 205 Å². The van der Waals surface area contributed by atoms with Crippen LogP contribution < -0.4 is 25.4 Å². The summed E-state index contributed by atoms with van der Waals surface area (Å²) in [7, 11) is 3.05. The van der Waals surface area contributed by atoms with E-state index in [4.69, 9.17) is 24.6 Å².